The van der Waals surface area contributed by atoms with E-state index in [0.29, 0.717) is 0 Å². The first-order chi connectivity index (χ1) is 9.51. The maximum absolute atomic E-state index is 11.5. The van der Waals surface area contributed by atoms with Gasteiger partial charge in [0.2, 0.25) is 0 Å². The van der Waals surface area contributed by atoms with Crippen molar-refractivity contribution in [2.24, 2.45) is 5.41 Å². The van der Waals surface area contributed by atoms with Crippen LogP contribution in [0.2, 0.25) is 0 Å². The molecular formula is C17H22O3. The van der Waals surface area contributed by atoms with E-state index < -0.39 is 11.4 Å². The van der Waals surface area contributed by atoms with E-state index in [1.54, 1.807) is 7.11 Å². The van der Waals surface area contributed by atoms with Gasteiger partial charge in [-0.25, -0.2) is 0 Å². The Morgan fingerprint density at radius 1 is 1.15 bits per heavy atom. The van der Waals surface area contributed by atoms with Crippen LogP contribution in [0.5, 0.6) is 5.75 Å². The zero-order valence-corrected chi connectivity index (χ0v) is 12.2. The molecule has 3 aliphatic rings. The van der Waals surface area contributed by atoms with Crippen LogP contribution in [0.25, 0.3) is 0 Å². The Kier molecular flexibility index (Phi) is 3.03. The Morgan fingerprint density at radius 2 is 1.75 bits per heavy atom. The van der Waals surface area contributed by atoms with Gasteiger partial charge in [0.15, 0.2) is 0 Å². The van der Waals surface area contributed by atoms with Crippen LogP contribution in [0.15, 0.2) is 18.2 Å². The molecule has 3 aliphatic carbocycles. The second kappa shape index (κ2) is 4.51. The largest absolute Gasteiger partial charge is 0.496 e. The Hall–Kier alpha value is -1.51. The van der Waals surface area contributed by atoms with Crippen LogP contribution < -0.4 is 4.74 Å². The molecule has 1 aromatic rings. The molecule has 0 amide bonds. The first kappa shape index (κ1) is 13.5. The molecule has 3 nitrogen and oxygen atoms in total. The fourth-order valence-corrected chi connectivity index (χ4v) is 4.15. The van der Waals surface area contributed by atoms with Gasteiger partial charge in [-0.05, 0) is 68.1 Å². The summed E-state index contributed by atoms with van der Waals surface area (Å²) in [6.07, 6.45) is 5.50. The van der Waals surface area contributed by atoms with Gasteiger partial charge in [-0.3, -0.25) is 4.79 Å². The summed E-state index contributed by atoms with van der Waals surface area (Å²) < 4.78 is 5.33. The van der Waals surface area contributed by atoms with E-state index in [-0.39, 0.29) is 5.41 Å². The van der Waals surface area contributed by atoms with Gasteiger partial charge in [0.1, 0.15) is 5.75 Å². The highest BCUT2D eigenvalue weighted by atomic mass is 16.5. The number of hydrogen-bond donors (Lipinski definition) is 1. The predicted octanol–water partition coefficient (Wildman–Crippen LogP) is 3.68. The summed E-state index contributed by atoms with van der Waals surface area (Å²) in [6.45, 7) is 2.08. The number of fused-ring (bicyclic) bond motifs is 3. The number of hydrogen-bond acceptors (Lipinski definition) is 2. The van der Waals surface area contributed by atoms with E-state index >= 15 is 0 Å². The Balaban J connectivity index is 1.89. The Bertz CT molecular complexity index is 523. The van der Waals surface area contributed by atoms with Crippen molar-refractivity contribution in [3.8, 4) is 5.75 Å². The first-order valence-electron chi connectivity index (χ1n) is 7.40. The van der Waals surface area contributed by atoms with E-state index in [0.717, 1.165) is 44.3 Å². The summed E-state index contributed by atoms with van der Waals surface area (Å²) in [5.41, 5.74) is 2.31. The van der Waals surface area contributed by atoms with Crippen LogP contribution in [0.4, 0.5) is 0 Å². The minimum absolute atomic E-state index is 0.203. The molecule has 0 aliphatic heterocycles. The molecule has 2 bridgehead atoms. The Morgan fingerprint density at radius 3 is 2.20 bits per heavy atom. The highest BCUT2D eigenvalue weighted by Crippen LogP contribution is 2.58. The number of rotatable bonds is 3. The van der Waals surface area contributed by atoms with Crippen LogP contribution in [-0.2, 0) is 10.2 Å². The van der Waals surface area contributed by atoms with E-state index in [2.05, 4.69) is 19.1 Å². The number of carboxylic acid groups (broad SMARTS) is 1. The molecule has 0 saturated heterocycles. The van der Waals surface area contributed by atoms with Crippen LogP contribution in [0, 0.1) is 12.3 Å². The van der Waals surface area contributed by atoms with E-state index in [9.17, 15) is 9.90 Å². The highest BCUT2D eigenvalue weighted by Gasteiger charge is 2.53. The number of aliphatic carboxylic acids is 1. The highest BCUT2D eigenvalue weighted by molar-refractivity contribution is 5.75. The first-order valence-corrected chi connectivity index (χ1v) is 7.40. The van der Waals surface area contributed by atoms with E-state index in [4.69, 9.17) is 4.74 Å². The molecule has 0 heterocycles. The van der Waals surface area contributed by atoms with Crippen molar-refractivity contribution >= 4 is 5.97 Å². The van der Waals surface area contributed by atoms with Crippen LogP contribution in [-0.4, -0.2) is 18.2 Å². The normalized spacial score (nSPS) is 32.1. The number of benzene rings is 1. The van der Waals surface area contributed by atoms with E-state index in [1.165, 1.54) is 11.1 Å². The van der Waals surface area contributed by atoms with Crippen molar-refractivity contribution in [2.75, 3.05) is 7.11 Å². The van der Waals surface area contributed by atoms with Gasteiger partial charge in [0.05, 0.1) is 12.5 Å². The Labute approximate surface area is 120 Å². The van der Waals surface area contributed by atoms with Gasteiger partial charge in [-0.15, -0.1) is 0 Å². The molecule has 0 radical (unpaired) electrons. The van der Waals surface area contributed by atoms with Gasteiger partial charge in [-0.2, -0.15) is 0 Å². The third-order valence-electron chi connectivity index (χ3n) is 5.71. The van der Waals surface area contributed by atoms with Gasteiger partial charge < -0.3 is 9.84 Å². The summed E-state index contributed by atoms with van der Waals surface area (Å²) in [6, 6.07) is 6.45. The summed E-state index contributed by atoms with van der Waals surface area (Å²) in [4.78, 5) is 11.5. The maximum atomic E-state index is 11.5. The lowest BCUT2D eigenvalue weighted by Gasteiger charge is -2.51. The zero-order valence-electron chi connectivity index (χ0n) is 12.2. The molecule has 0 spiro atoms. The van der Waals surface area contributed by atoms with Crippen molar-refractivity contribution in [1.29, 1.82) is 0 Å². The average molecular weight is 274 g/mol. The number of carbonyl (C=O) groups is 1. The lowest BCUT2D eigenvalue weighted by atomic mass is 9.52. The fraction of sp³-hybridized carbons (Fsp3) is 0.588. The third-order valence-corrected chi connectivity index (χ3v) is 5.71. The molecule has 4 rings (SSSR count). The second-order valence-electron chi connectivity index (χ2n) is 6.55. The van der Waals surface area contributed by atoms with Gasteiger partial charge in [0, 0.05) is 0 Å². The van der Waals surface area contributed by atoms with Crippen molar-refractivity contribution < 1.29 is 14.6 Å². The zero-order chi connectivity index (χ0) is 14.4. The average Bonchev–Trinajstić information content (AvgIpc) is 2.49. The van der Waals surface area contributed by atoms with Crippen molar-refractivity contribution in [3.05, 3.63) is 29.3 Å². The van der Waals surface area contributed by atoms with Crippen LogP contribution >= 0.6 is 0 Å². The summed E-state index contributed by atoms with van der Waals surface area (Å²) in [5.74, 6) is 0.341. The molecule has 3 saturated carbocycles. The minimum atomic E-state index is -0.586. The van der Waals surface area contributed by atoms with Gasteiger partial charge in [0.25, 0.3) is 0 Å². The van der Waals surface area contributed by atoms with Crippen LogP contribution in [0.1, 0.15) is 49.7 Å². The third kappa shape index (κ3) is 1.83. The number of aryl methyl sites for hydroxylation is 1. The molecule has 20 heavy (non-hydrogen) atoms. The van der Waals surface area contributed by atoms with Crippen LogP contribution in [0.3, 0.4) is 0 Å². The van der Waals surface area contributed by atoms with Crippen molar-refractivity contribution in [1.82, 2.24) is 0 Å². The fourth-order valence-electron chi connectivity index (χ4n) is 4.15. The number of carboxylic acids is 1. The molecule has 108 valence electrons. The summed E-state index contributed by atoms with van der Waals surface area (Å²) in [7, 11) is 1.70. The van der Waals surface area contributed by atoms with Crippen molar-refractivity contribution in [2.45, 2.75) is 50.9 Å². The number of methoxy groups -OCH3 is 1. The standard InChI is InChI=1S/C17H22O3/c1-12-11-13(3-4-14(12)20-2)16-5-8-17(9-6-16,10-7-16)15(18)19/h3-4,11H,5-10H2,1-2H3,(H,18,19). The monoisotopic (exact) mass is 274 g/mol. The second-order valence-corrected chi connectivity index (χ2v) is 6.55. The lowest BCUT2D eigenvalue weighted by Crippen LogP contribution is -2.47. The topological polar surface area (TPSA) is 46.5 Å². The molecule has 3 fully saturated rings. The molecule has 0 aromatic heterocycles. The minimum Gasteiger partial charge on any atom is -0.496 e. The maximum Gasteiger partial charge on any atom is 0.309 e. The van der Waals surface area contributed by atoms with E-state index in [1.807, 2.05) is 6.07 Å². The molecule has 1 aromatic carbocycles. The summed E-state index contributed by atoms with van der Waals surface area (Å²) in [5, 5.41) is 9.46. The lowest BCUT2D eigenvalue weighted by molar-refractivity contribution is -0.156. The number of ether oxygens (including phenoxy) is 1. The van der Waals surface area contributed by atoms with Crippen molar-refractivity contribution in [3.63, 3.8) is 0 Å². The quantitative estimate of drug-likeness (QED) is 0.914. The summed E-state index contributed by atoms with van der Waals surface area (Å²) >= 11 is 0. The molecule has 0 unspecified atom stereocenters. The smallest absolute Gasteiger partial charge is 0.309 e. The molecular weight excluding hydrogens is 252 g/mol. The molecule has 1 N–H and O–H groups in total. The molecule has 0 atom stereocenters. The van der Waals surface area contributed by atoms with Gasteiger partial charge in [-0.1, -0.05) is 12.1 Å². The van der Waals surface area contributed by atoms with Gasteiger partial charge >= 0.3 is 5.97 Å². The predicted molar refractivity (Wildman–Crippen MR) is 77.2 cm³/mol. The SMILES string of the molecule is COc1ccc(C23CCC(C(=O)O)(CC2)CC3)cc1C. The molecule has 3 heteroatoms.